The number of nitrogens with two attached hydrogens (primary N) is 1. The van der Waals surface area contributed by atoms with E-state index in [1.807, 2.05) is 0 Å². The lowest BCUT2D eigenvalue weighted by Gasteiger charge is -2.27. The van der Waals surface area contributed by atoms with E-state index < -0.39 is 5.91 Å². The minimum absolute atomic E-state index is 0.469. The number of primary amides is 1. The Bertz CT molecular complexity index is 484. The molecule has 90 valence electrons. The standard InChI is InChI=1S/C11H13N3O2S/c1-7-8(6-12)11(17-9(7)10(13)15)14-2-4-16-5-3-14/h2-5H2,1H3,(H2,13,15). The van der Waals surface area contributed by atoms with Gasteiger partial charge in [0.1, 0.15) is 11.1 Å². The molecule has 1 saturated heterocycles. The zero-order valence-electron chi connectivity index (χ0n) is 9.52. The van der Waals surface area contributed by atoms with Gasteiger partial charge in [-0.2, -0.15) is 5.26 Å². The molecule has 1 fully saturated rings. The second kappa shape index (κ2) is 4.73. The van der Waals surface area contributed by atoms with E-state index in [2.05, 4.69) is 11.0 Å². The van der Waals surface area contributed by atoms with Crippen molar-refractivity contribution < 1.29 is 9.53 Å². The van der Waals surface area contributed by atoms with Crippen molar-refractivity contribution in [2.75, 3.05) is 31.2 Å². The molecule has 1 aliphatic heterocycles. The van der Waals surface area contributed by atoms with Crippen LogP contribution in [-0.4, -0.2) is 32.2 Å². The molecule has 2 N–H and O–H groups in total. The largest absolute Gasteiger partial charge is 0.378 e. The first-order chi connectivity index (χ1) is 8.15. The minimum Gasteiger partial charge on any atom is -0.378 e. The molecular formula is C11H13N3O2S. The van der Waals surface area contributed by atoms with Crippen LogP contribution < -0.4 is 10.6 Å². The van der Waals surface area contributed by atoms with Gasteiger partial charge < -0.3 is 15.4 Å². The molecule has 1 amide bonds. The third-order valence-electron chi connectivity index (χ3n) is 2.76. The Hall–Kier alpha value is -1.58. The Labute approximate surface area is 103 Å². The van der Waals surface area contributed by atoms with Gasteiger partial charge in [0.15, 0.2) is 0 Å². The van der Waals surface area contributed by atoms with Crippen LogP contribution in [0.3, 0.4) is 0 Å². The normalized spacial score (nSPS) is 15.6. The molecule has 0 atom stereocenters. The lowest BCUT2D eigenvalue weighted by molar-refractivity contribution is 0.100. The minimum atomic E-state index is -0.469. The SMILES string of the molecule is Cc1c(C(N)=O)sc(N2CCOCC2)c1C#N. The number of hydrogen-bond donors (Lipinski definition) is 1. The average Bonchev–Trinajstić information content (AvgIpc) is 2.67. The van der Waals surface area contributed by atoms with Gasteiger partial charge >= 0.3 is 0 Å². The summed E-state index contributed by atoms with van der Waals surface area (Å²) in [7, 11) is 0. The summed E-state index contributed by atoms with van der Waals surface area (Å²) < 4.78 is 5.27. The summed E-state index contributed by atoms with van der Waals surface area (Å²) in [5.74, 6) is -0.469. The van der Waals surface area contributed by atoms with Crippen molar-refractivity contribution in [3.05, 3.63) is 16.0 Å². The van der Waals surface area contributed by atoms with Crippen LogP contribution in [0.25, 0.3) is 0 Å². The van der Waals surface area contributed by atoms with Gasteiger partial charge in [0.25, 0.3) is 5.91 Å². The molecule has 0 radical (unpaired) electrons. The van der Waals surface area contributed by atoms with Crippen molar-refractivity contribution in [2.24, 2.45) is 5.73 Å². The molecule has 0 aliphatic carbocycles. The number of hydrogen-bond acceptors (Lipinski definition) is 5. The maximum absolute atomic E-state index is 11.3. The first-order valence-electron chi connectivity index (χ1n) is 5.31. The number of carbonyl (C=O) groups excluding carboxylic acids is 1. The second-order valence-corrected chi connectivity index (χ2v) is 4.81. The van der Waals surface area contributed by atoms with Crippen LogP contribution in [0.15, 0.2) is 0 Å². The zero-order valence-corrected chi connectivity index (χ0v) is 10.3. The van der Waals surface area contributed by atoms with Gasteiger partial charge in [0, 0.05) is 13.1 Å². The molecule has 0 unspecified atom stereocenters. The molecule has 1 aliphatic rings. The molecule has 0 spiro atoms. The van der Waals surface area contributed by atoms with Crippen LogP contribution in [0.5, 0.6) is 0 Å². The van der Waals surface area contributed by atoms with E-state index in [4.69, 9.17) is 10.5 Å². The Morgan fingerprint density at radius 3 is 2.71 bits per heavy atom. The Kier molecular flexibility index (Phi) is 3.31. The number of carbonyl (C=O) groups is 1. The van der Waals surface area contributed by atoms with E-state index in [0.717, 1.165) is 18.1 Å². The van der Waals surface area contributed by atoms with E-state index in [0.29, 0.717) is 29.2 Å². The van der Waals surface area contributed by atoms with Crippen molar-refractivity contribution in [2.45, 2.75) is 6.92 Å². The van der Waals surface area contributed by atoms with Crippen LogP contribution in [-0.2, 0) is 4.74 Å². The van der Waals surface area contributed by atoms with Crippen molar-refractivity contribution in [3.8, 4) is 6.07 Å². The number of thiophene rings is 1. The second-order valence-electron chi connectivity index (χ2n) is 3.81. The van der Waals surface area contributed by atoms with Gasteiger partial charge in [0.05, 0.1) is 23.7 Å². The van der Waals surface area contributed by atoms with Crippen molar-refractivity contribution in [3.63, 3.8) is 0 Å². The molecule has 5 nitrogen and oxygen atoms in total. The molecule has 0 saturated carbocycles. The molecule has 2 heterocycles. The number of nitriles is 1. The highest BCUT2D eigenvalue weighted by Crippen LogP contribution is 2.35. The summed E-state index contributed by atoms with van der Waals surface area (Å²) in [5.41, 5.74) is 6.55. The molecule has 1 aromatic rings. The first-order valence-corrected chi connectivity index (χ1v) is 6.12. The molecule has 0 aromatic carbocycles. The number of rotatable bonds is 2. The Morgan fingerprint density at radius 2 is 2.18 bits per heavy atom. The van der Waals surface area contributed by atoms with Crippen LogP contribution in [0.4, 0.5) is 5.00 Å². The molecule has 0 bridgehead atoms. The predicted octanol–water partition coefficient (Wildman–Crippen LogP) is 0.864. The smallest absolute Gasteiger partial charge is 0.259 e. The van der Waals surface area contributed by atoms with E-state index in [1.54, 1.807) is 6.92 Å². The quantitative estimate of drug-likeness (QED) is 0.845. The van der Waals surface area contributed by atoms with Crippen molar-refractivity contribution >= 4 is 22.2 Å². The van der Waals surface area contributed by atoms with Crippen molar-refractivity contribution in [1.82, 2.24) is 0 Å². The lowest BCUT2D eigenvalue weighted by atomic mass is 10.1. The maximum atomic E-state index is 11.3. The molecule has 17 heavy (non-hydrogen) atoms. The van der Waals surface area contributed by atoms with Gasteiger partial charge in [-0.05, 0) is 12.5 Å². The predicted molar refractivity (Wildman–Crippen MR) is 65.3 cm³/mol. The summed E-state index contributed by atoms with van der Waals surface area (Å²) in [6, 6.07) is 2.16. The van der Waals surface area contributed by atoms with Gasteiger partial charge in [-0.25, -0.2) is 0 Å². The third-order valence-corrected chi connectivity index (χ3v) is 4.13. The zero-order chi connectivity index (χ0) is 12.4. The monoisotopic (exact) mass is 251 g/mol. The van der Waals surface area contributed by atoms with Crippen molar-refractivity contribution in [1.29, 1.82) is 5.26 Å². The fourth-order valence-electron chi connectivity index (χ4n) is 1.85. The number of ether oxygens (including phenoxy) is 1. The molecule has 1 aromatic heterocycles. The highest BCUT2D eigenvalue weighted by atomic mass is 32.1. The van der Waals surface area contributed by atoms with Gasteiger partial charge in [-0.3, -0.25) is 4.79 Å². The summed E-state index contributed by atoms with van der Waals surface area (Å²) >= 11 is 1.30. The van der Waals surface area contributed by atoms with Gasteiger partial charge in [-0.15, -0.1) is 11.3 Å². The third kappa shape index (κ3) is 2.12. The van der Waals surface area contributed by atoms with Crippen LogP contribution >= 0.6 is 11.3 Å². The van der Waals surface area contributed by atoms with Gasteiger partial charge in [-0.1, -0.05) is 0 Å². The number of anilines is 1. The summed E-state index contributed by atoms with van der Waals surface area (Å²) in [6.07, 6.45) is 0. The van der Waals surface area contributed by atoms with E-state index in [1.165, 1.54) is 11.3 Å². The fraction of sp³-hybridized carbons (Fsp3) is 0.455. The van der Waals surface area contributed by atoms with E-state index in [9.17, 15) is 10.1 Å². The Morgan fingerprint density at radius 1 is 1.53 bits per heavy atom. The molecule has 6 heteroatoms. The number of amides is 1. The van der Waals surface area contributed by atoms with E-state index >= 15 is 0 Å². The maximum Gasteiger partial charge on any atom is 0.259 e. The van der Waals surface area contributed by atoms with Gasteiger partial charge in [0.2, 0.25) is 0 Å². The number of morpholine rings is 1. The highest BCUT2D eigenvalue weighted by molar-refractivity contribution is 7.18. The first kappa shape index (κ1) is 11.9. The Balaban J connectivity index is 2.42. The fourth-order valence-corrected chi connectivity index (χ4v) is 3.02. The lowest BCUT2D eigenvalue weighted by Crippen LogP contribution is -2.36. The van der Waals surface area contributed by atoms with E-state index in [-0.39, 0.29) is 0 Å². The number of nitrogens with zero attached hydrogens (tertiary/aromatic N) is 2. The van der Waals surface area contributed by atoms with Crippen LogP contribution in [0, 0.1) is 18.3 Å². The summed E-state index contributed by atoms with van der Waals surface area (Å²) in [5, 5.41) is 10.0. The summed E-state index contributed by atoms with van der Waals surface area (Å²) in [4.78, 5) is 13.8. The molecular weight excluding hydrogens is 238 g/mol. The topological polar surface area (TPSA) is 79.3 Å². The average molecular weight is 251 g/mol. The highest BCUT2D eigenvalue weighted by Gasteiger charge is 2.23. The molecule has 2 rings (SSSR count). The van der Waals surface area contributed by atoms with Crippen LogP contribution in [0.2, 0.25) is 0 Å². The summed E-state index contributed by atoms with van der Waals surface area (Å²) in [6.45, 7) is 4.54. The van der Waals surface area contributed by atoms with Crippen LogP contribution in [0.1, 0.15) is 20.8 Å².